The van der Waals surface area contributed by atoms with Crippen LogP contribution in [0, 0.1) is 0 Å². The molecule has 13 heteroatoms. The van der Waals surface area contributed by atoms with E-state index < -0.39 is 42.0 Å². The molecule has 12 nitrogen and oxygen atoms in total. The zero-order valence-electron chi connectivity index (χ0n) is 13.9. The van der Waals surface area contributed by atoms with Gasteiger partial charge in [0.25, 0.3) is 5.56 Å². The number of nitrogens with one attached hydrogen (secondary N) is 1. The fourth-order valence-electron chi connectivity index (χ4n) is 2.37. The molecule has 4 N–H and O–H groups in total. The molecule has 0 aliphatic carbocycles. The van der Waals surface area contributed by atoms with E-state index in [1.807, 2.05) is 0 Å². The average molecular weight is 405 g/mol. The zero-order chi connectivity index (χ0) is 19.4. The van der Waals surface area contributed by atoms with Gasteiger partial charge in [-0.2, -0.15) is 0 Å². The quantitative estimate of drug-likeness (QED) is 0.418. The Morgan fingerprint density at radius 2 is 1.41 bits per heavy atom. The molecule has 0 fully saturated rings. The Balaban J connectivity index is 0.00000364. The number of aromatic nitrogens is 4. The average Bonchev–Trinajstić information content (AvgIpc) is 2.96. The monoisotopic (exact) mass is 404 g/mol. The highest BCUT2D eigenvalue weighted by atomic mass is 35.5. The topological polar surface area (TPSA) is 185 Å². The number of imidazole rings is 1. The number of halogens is 1. The van der Waals surface area contributed by atoms with Crippen LogP contribution in [0.5, 0.6) is 0 Å². The third kappa shape index (κ3) is 5.17. The number of H-pyrrole nitrogens is 1. The number of carboxylic acids is 3. The van der Waals surface area contributed by atoms with E-state index in [0.29, 0.717) is 4.57 Å². The van der Waals surface area contributed by atoms with Crippen molar-refractivity contribution >= 4 is 41.5 Å². The Morgan fingerprint density at radius 1 is 0.889 bits per heavy atom. The van der Waals surface area contributed by atoms with E-state index in [1.54, 1.807) is 0 Å². The Morgan fingerprint density at radius 3 is 1.93 bits per heavy atom. The van der Waals surface area contributed by atoms with Crippen LogP contribution in [-0.4, -0.2) is 52.3 Å². The summed E-state index contributed by atoms with van der Waals surface area (Å²) in [6.45, 7) is -0.666. The second kappa shape index (κ2) is 8.98. The Bertz CT molecular complexity index is 989. The van der Waals surface area contributed by atoms with Crippen LogP contribution < -0.4 is 11.2 Å². The normalized spacial score (nSPS) is 10.5. The highest BCUT2D eigenvalue weighted by molar-refractivity contribution is 5.85. The third-order valence-corrected chi connectivity index (χ3v) is 3.58. The second-order valence-corrected chi connectivity index (χ2v) is 5.45. The first-order valence-corrected chi connectivity index (χ1v) is 7.58. The van der Waals surface area contributed by atoms with Gasteiger partial charge in [-0.15, -0.1) is 12.4 Å². The fourth-order valence-corrected chi connectivity index (χ4v) is 2.37. The summed E-state index contributed by atoms with van der Waals surface area (Å²) in [6.07, 6.45) is -1.17. The number of fused-ring (bicyclic) bond motifs is 1. The van der Waals surface area contributed by atoms with Crippen molar-refractivity contribution in [1.29, 1.82) is 0 Å². The summed E-state index contributed by atoms with van der Waals surface area (Å²) >= 11 is 0. The Kier molecular flexibility index (Phi) is 7.28. The molecule has 2 heterocycles. The Hall–Kier alpha value is -3.15. The van der Waals surface area contributed by atoms with E-state index in [0.717, 1.165) is 4.57 Å². The zero-order valence-corrected chi connectivity index (χ0v) is 14.7. The molecule has 2 rings (SSSR count). The molecule has 0 aliphatic heterocycles. The number of carboxylic acid groups (broad SMARTS) is 3. The van der Waals surface area contributed by atoms with Crippen LogP contribution in [0.1, 0.15) is 25.1 Å². The number of aryl methyl sites for hydroxylation is 2. The molecule has 0 unspecified atom stereocenters. The Labute approximate surface area is 156 Å². The molecule has 0 bridgehead atoms. The van der Waals surface area contributed by atoms with E-state index in [1.165, 1.54) is 0 Å². The van der Waals surface area contributed by atoms with Crippen molar-refractivity contribution in [3.8, 4) is 0 Å². The molecule has 2 aromatic rings. The van der Waals surface area contributed by atoms with Crippen molar-refractivity contribution in [3.05, 3.63) is 26.7 Å². The predicted octanol–water partition coefficient (Wildman–Crippen LogP) is -0.725. The molecule has 0 aromatic carbocycles. The van der Waals surface area contributed by atoms with E-state index in [4.69, 9.17) is 15.3 Å². The van der Waals surface area contributed by atoms with Crippen molar-refractivity contribution < 1.29 is 29.7 Å². The lowest BCUT2D eigenvalue weighted by atomic mass is 10.3. The standard InChI is InChI=1S/C14H16N4O8.ClH/c19-8(20)2-1-7-15-11-12(16-7)17(5-3-9(21)22)14(26)18(13(11)25)6-4-10(23)24;/h1-6H2,(H,15,16)(H,19,20)(H,21,22)(H,23,24);1H. The number of aromatic amines is 1. The summed E-state index contributed by atoms with van der Waals surface area (Å²) in [5, 5.41) is 26.3. The van der Waals surface area contributed by atoms with Gasteiger partial charge in [0.05, 0.1) is 19.3 Å². The number of nitrogens with zero attached hydrogens (tertiary/aromatic N) is 3. The lowest BCUT2D eigenvalue weighted by Crippen LogP contribution is -2.40. The van der Waals surface area contributed by atoms with Crippen LogP contribution in [0.4, 0.5) is 0 Å². The number of rotatable bonds is 9. The van der Waals surface area contributed by atoms with Gasteiger partial charge in [0, 0.05) is 19.5 Å². The molecular weight excluding hydrogens is 388 g/mol. The molecule has 0 saturated heterocycles. The molecule has 0 amide bonds. The minimum atomic E-state index is -1.21. The smallest absolute Gasteiger partial charge is 0.332 e. The highest BCUT2D eigenvalue weighted by Crippen LogP contribution is 2.08. The lowest BCUT2D eigenvalue weighted by molar-refractivity contribution is -0.138. The van der Waals surface area contributed by atoms with Crippen LogP contribution in [0.3, 0.4) is 0 Å². The second-order valence-electron chi connectivity index (χ2n) is 5.45. The molecule has 0 atom stereocenters. The van der Waals surface area contributed by atoms with E-state index in [-0.39, 0.29) is 55.3 Å². The molecule has 2 aromatic heterocycles. The highest BCUT2D eigenvalue weighted by Gasteiger charge is 2.18. The van der Waals surface area contributed by atoms with Gasteiger partial charge >= 0.3 is 23.6 Å². The van der Waals surface area contributed by atoms with Gasteiger partial charge in [-0.1, -0.05) is 0 Å². The van der Waals surface area contributed by atoms with Crippen molar-refractivity contribution in [2.45, 2.75) is 38.8 Å². The van der Waals surface area contributed by atoms with Gasteiger partial charge in [-0.05, 0) is 0 Å². The van der Waals surface area contributed by atoms with Crippen LogP contribution in [0.2, 0.25) is 0 Å². The molecule has 0 saturated carbocycles. The summed E-state index contributed by atoms with van der Waals surface area (Å²) in [5.41, 5.74) is -1.87. The van der Waals surface area contributed by atoms with Gasteiger partial charge in [0.15, 0.2) is 5.65 Å². The van der Waals surface area contributed by atoms with Crippen LogP contribution in [-0.2, 0) is 33.9 Å². The number of hydrogen-bond donors (Lipinski definition) is 4. The van der Waals surface area contributed by atoms with Gasteiger partial charge in [-0.25, -0.2) is 9.78 Å². The predicted molar refractivity (Wildman–Crippen MR) is 92.3 cm³/mol. The molecule has 27 heavy (non-hydrogen) atoms. The summed E-state index contributed by atoms with van der Waals surface area (Å²) in [5.74, 6) is -3.30. The number of aliphatic carboxylic acids is 3. The summed E-state index contributed by atoms with van der Waals surface area (Å²) in [4.78, 5) is 63.9. The van der Waals surface area contributed by atoms with Crippen LogP contribution >= 0.6 is 12.4 Å². The maximum absolute atomic E-state index is 12.5. The maximum Gasteiger partial charge on any atom is 0.332 e. The van der Waals surface area contributed by atoms with Crippen molar-refractivity contribution in [2.24, 2.45) is 0 Å². The van der Waals surface area contributed by atoms with Crippen LogP contribution in [0.15, 0.2) is 9.59 Å². The largest absolute Gasteiger partial charge is 0.481 e. The van der Waals surface area contributed by atoms with Crippen LogP contribution in [0.25, 0.3) is 11.2 Å². The minimum absolute atomic E-state index is 0. The van der Waals surface area contributed by atoms with Gasteiger partial charge in [-0.3, -0.25) is 28.3 Å². The van der Waals surface area contributed by atoms with Gasteiger partial charge < -0.3 is 20.3 Å². The first kappa shape index (κ1) is 21.9. The van der Waals surface area contributed by atoms with E-state index in [2.05, 4.69) is 9.97 Å². The SMILES string of the molecule is Cl.O=C(O)CCc1nc2c([nH]1)c(=O)n(CCC(=O)O)c(=O)n2CCC(=O)O. The molecule has 0 spiro atoms. The number of carbonyl (C=O) groups is 3. The molecular formula is C14H17ClN4O8. The summed E-state index contributed by atoms with van der Waals surface area (Å²) in [6, 6.07) is 0. The van der Waals surface area contributed by atoms with Crippen molar-refractivity contribution in [1.82, 2.24) is 19.1 Å². The van der Waals surface area contributed by atoms with Crippen molar-refractivity contribution in [2.75, 3.05) is 0 Å². The maximum atomic E-state index is 12.5. The van der Waals surface area contributed by atoms with Gasteiger partial charge in [0.2, 0.25) is 0 Å². The third-order valence-electron chi connectivity index (χ3n) is 3.58. The first-order valence-electron chi connectivity index (χ1n) is 7.58. The summed E-state index contributed by atoms with van der Waals surface area (Å²) < 4.78 is 1.66. The van der Waals surface area contributed by atoms with E-state index >= 15 is 0 Å². The molecule has 0 aliphatic rings. The lowest BCUT2D eigenvalue weighted by Gasteiger charge is -2.09. The number of hydrogen-bond acceptors (Lipinski definition) is 6. The van der Waals surface area contributed by atoms with E-state index in [9.17, 15) is 24.0 Å². The summed E-state index contributed by atoms with van der Waals surface area (Å²) in [7, 11) is 0. The molecule has 148 valence electrons. The van der Waals surface area contributed by atoms with Gasteiger partial charge in [0.1, 0.15) is 11.3 Å². The minimum Gasteiger partial charge on any atom is -0.481 e. The first-order chi connectivity index (χ1) is 12.2. The van der Waals surface area contributed by atoms with Crippen molar-refractivity contribution in [3.63, 3.8) is 0 Å². The molecule has 0 radical (unpaired) electrons. The fraction of sp³-hybridized carbons (Fsp3) is 0.429.